The third-order valence-corrected chi connectivity index (χ3v) is 4.15. The van der Waals surface area contributed by atoms with Gasteiger partial charge in [-0.3, -0.25) is 10.1 Å². The molecule has 2 N–H and O–H groups in total. The van der Waals surface area contributed by atoms with E-state index in [2.05, 4.69) is 15.6 Å². The maximum absolute atomic E-state index is 12.2. The first kappa shape index (κ1) is 13.2. The summed E-state index contributed by atoms with van der Waals surface area (Å²) >= 11 is 0. The summed E-state index contributed by atoms with van der Waals surface area (Å²) in [7, 11) is 3.49. The van der Waals surface area contributed by atoms with Crippen LogP contribution in [0, 0.1) is 0 Å². The van der Waals surface area contributed by atoms with Crippen LogP contribution in [0.3, 0.4) is 0 Å². The first-order chi connectivity index (χ1) is 9.50. The standard InChI is InChI=1S/C13H21N5O2/c1-17(2)12(20)18-7-5-13(6-8-18)10(19)15-11(16-13)14-9-3-4-9/h9H,3-8H2,1-2H3,(H2,14,15,16,19). The number of carbonyl (C=O) groups is 2. The molecule has 3 aliphatic rings. The second-order valence-corrected chi connectivity index (χ2v) is 6.03. The van der Waals surface area contributed by atoms with Gasteiger partial charge < -0.3 is 15.1 Å². The summed E-state index contributed by atoms with van der Waals surface area (Å²) in [5.74, 6) is 0.610. The van der Waals surface area contributed by atoms with E-state index in [4.69, 9.17) is 0 Å². The van der Waals surface area contributed by atoms with Gasteiger partial charge in [-0.2, -0.15) is 0 Å². The number of aliphatic imine (C=N–C) groups is 1. The lowest BCUT2D eigenvalue weighted by molar-refractivity contribution is -0.125. The van der Waals surface area contributed by atoms with Crippen LogP contribution in [0.1, 0.15) is 25.7 Å². The van der Waals surface area contributed by atoms with E-state index < -0.39 is 5.54 Å². The van der Waals surface area contributed by atoms with Crippen molar-refractivity contribution in [2.75, 3.05) is 27.2 Å². The quantitative estimate of drug-likeness (QED) is 0.694. The summed E-state index contributed by atoms with van der Waals surface area (Å²) in [5, 5.41) is 6.09. The van der Waals surface area contributed by atoms with Crippen molar-refractivity contribution >= 4 is 17.9 Å². The highest BCUT2D eigenvalue weighted by Gasteiger charge is 2.48. The maximum atomic E-state index is 12.2. The Hall–Kier alpha value is -1.79. The summed E-state index contributed by atoms with van der Waals surface area (Å²) in [6.45, 7) is 1.18. The zero-order valence-electron chi connectivity index (χ0n) is 12.0. The Labute approximate surface area is 118 Å². The van der Waals surface area contributed by atoms with Crippen LogP contribution in [0.25, 0.3) is 0 Å². The van der Waals surface area contributed by atoms with Crippen molar-refractivity contribution in [3.63, 3.8) is 0 Å². The molecule has 2 heterocycles. The van der Waals surface area contributed by atoms with Crippen molar-refractivity contribution in [1.29, 1.82) is 0 Å². The van der Waals surface area contributed by atoms with Crippen LogP contribution in [-0.2, 0) is 4.79 Å². The molecule has 3 rings (SSSR count). The summed E-state index contributed by atoms with van der Waals surface area (Å²) in [6.07, 6.45) is 3.47. The Kier molecular flexibility index (Phi) is 3.07. The molecule has 0 aromatic heterocycles. The van der Waals surface area contributed by atoms with Crippen LogP contribution in [-0.4, -0.2) is 66.5 Å². The van der Waals surface area contributed by atoms with Crippen LogP contribution in [0.4, 0.5) is 4.79 Å². The predicted octanol–water partition coefficient (Wildman–Crippen LogP) is -0.260. The van der Waals surface area contributed by atoms with Crippen molar-refractivity contribution < 1.29 is 9.59 Å². The van der Waals surface area contributed by atoms with Gasteiger partial charge in [0, 0.05) is 27.2 Å². The molecular formula is C13H21N5O2. The molecule has 0 aromatic rings. The van der Waals surface area contributed by atoms with E-state index in [0.29, 0.717) is 37.9 Å². The highest BCUT2D eigenvalue weighted by atomic mass is 16.2. The average molecular weight is 279 g/mol. The van der Waals surface area contributed by atoms with Gasteiger partial charge in [0.05, 0.1) is 6.04 Å². The monoisotopic (exact) mass is 279 g/mol. The fourth-order valence-electron chi connectivity index (χ4n) is 2.71. The molecule has 0 atom stereocenters. The second kappa shape index (κ2) is 4.64. The number of rotatable bonds is 1. The molecule has 0 unspecified atom stereocenters. The molecular weight excluding hydrogens is 258 g/mol. The van der Waals surface area contributed by atoms with E-state index in [1.54, 1.807) is 23.9 Å². The van der Waals surface area contributed by atoms with Crippen molar-refractivity contribution in [2.45, 2.75) is 37.3 Å². The normalized spacial score (nSPS) is 26.6. The van der Waals surface area contributed by atoms with Gasteiger partial charge in [0.15, 0.2) is 5.96 Å². The Morgan fingerprint density at radius 1 is 1.35 bits per heavy atom. The number of nitrogens with zero attached hydrogens (tertiary/aromatic N) is 3. The molecule has 110 valence electrons. The minimum absolute atomic E-state index is 0.00475. The molecule has 2 saturated heterocycles. The Bertz CT molecular complexity index is 461. The van der Waals surface area contributed by atoms with Crippen LogP contribution < -0.4 is 10.6 Å². The van der Waals surface area contributed by atoms with Gasteiger partial charge in [-0.1, -0.05) is 0 Å². The molecule has 20 heavy (non-hydrogen) atoms. The molecule has 7 nitrogen and oxygen atoms in total. The van der Waals surface area contributed by atoms with E-state index in [1.165, 1.54) is 0 Å². The van der Waals surface area contributed by atoms with Crippen molar-refractivity contribution in [3.8, 4) is 0 Å². The molecule has 0 aromatic carbocycles. The van der Waals surface area contributed by atoms with E-state index in [-0.39, 0.29) is 11.9 Å². The van der Waals surface area contributed by atoms with E-state index in [0.717, 1.165) is 12.8 Å². The Morgan fingerprint density at radius 2 is 2.00 bits per heavy atom. The number of urea groups is 1. The highest BCUT2D eigenvalue weighted by Crippen LogP contribution is 2.28. The number of likely N-dealkylation sites (tertiary alicyclic amines) is 1. The number of amides is 3. The van der Waals surface area contributed by atoms with Gasteiger partial charge in [0.1, 0.15) is 5.54 Å². The van der Waals surface area contributed by atoms with Crippen LogP contribution >= 0.6 is 0 Å². The third kappa shape index (κ3) is 2.32. The lowest BCUT2D eigenvalue weighted by Crippen LogP contribution is -2.57. The fraction of sp³-hybridized carbons (Fsp3) is 0.769. The number of hydrogen-bond acceptors (Lipinski definition) is 3. The fourth-order valence-corrected chi connectivity index (χ4v) is 2.71. The van der Waals surface area contributed by atoms with Gasteiger partial charge in [-0.25, -0.2) is 9.79 Å². The lowest BCUT2D eigenvalue weighted by atomic mass is 9.88. The topological polar surface area (TPSA) is 77.0 Å². The van der Waals surface area contributed by atoms with Crippen molar-refractivity contribution in [2.24, 2.45) is 4.99 Å². The number of carbonyl (C=O) groups excluding carboxylic acids is 2. The van der Waals surface area contributed by atoms with E-state index >= 15 is 0 Å². The molecule has 0 radical (unpaired) electrons. The van der Waals surface area contributed by atoms with E-state index in [9.17, 15) is 9.59 Å². The Morgan fingerprint density at radius 3 is 2.55 bits per heavy atom. The van der Waals surface area contributed by atoms with Gasteiger partial charge in [-0.15, -0.1) is 0 Å². The SMILES string of the molecule is CN(C)C(=O)N1CCC2(CC1)NC(=NC1CC1)NC2=O. The number of hydrogen-bond donors (Lipinski definition) is 2. The van der Waals surface area contributed by atoms with Crippen molar-refractivity contribution in [3.05, 3.63) is 0 Å². The summed E-state index contributed by atoms with van der Waals surface area (Å²) in [5.41, 5.74) is -0.573. The van der Waals surface area contributed by atoms with Crippen LogP contribution in [0.2, 0.25) is 0 Å². The number of piperidine rings is 1. The van der Waals surface area contributed by atoms with Crippen LogP contribution in [0.15, 0.2) is 4.99 Å². The molecule has 1 saturated carbocycles. The minimum Gasteiger partial charge on any atom is -0.341 e. The average Bonchev–Trinajstić information content (AvgIpc) is 3.17. The largest absolute Gasteiger partial charge is 0.341 e. The molecule has 1 aliphatic carbocycles. The van der Waals surface area contributed by atoms with Crippen molar-refractivity contribution in [1.82, 2.24) is 20.4 Å². The molecule has 3 fully saturated rings. The molecule has 2 aliphatic heterocycles. The van der Waals surface area contributed by atoms with Crippen LogP contribution in [0.5, 0.6) is 0 Å². The molecule has 0 bridgehead atoms. The van der Waals surface area contributed by atoms with E-state index in [1.807, 2.05) is 0 Å². The maximum Gasteiger partial charge on any atom is 0.319 e. The molecule has 7 heteroatoms. The second-order valence-electron chi connectivity index (χ2n) is 6.03. The lowest BCUT2D eigenvalue weighted by Gasteiger charge is -2.38. The predicted molar refractivity (Wildman–Crippen MR) is 74.4 cm³/mol. The zero-order valence-corrected chi connectivity index (χ0v) is 12.0. The Balaban J connectivity index is 1.64. The van der Waals surface area contributed by atoms with Gasteiger partial charge in [-0.05, 0) is 25.7 Å². The zero-order chi connectivity index (χ0) is 14.3. The molecule has 1 spiro atoms. The third-order valence-electron chi connectivity index (χ3n) is 4.15. The summed E-state index contributed by atoms with van der Waals surface area (Å²) < 4.78 is 0. The highest BCUT2D eigenvalue weighted by molar-refractivity contribution is 6.09. The first-order valence-corrected chi connectivity index (χ1v) is 7.14. The number of guanidine groups is 1. The minimum atomic E-state index is -0.573. The van der Waals surface area contributed by atoms with Gasteiger partial charge in [0.25, 0.3) is 5.91 Å². The summed E-state index contributed by atoms with van der Waals surface area (Å²) in [4.78, 5) is 31.9. The first-order valence-electron chi connectivity index (χ1n) is 7.14. The molecule has 3 amide bonds. The number of nitrogens with one attached hydrogen (secondary N) is 2. The van der Waals surface area contributed by atoms with Gasteiger partial charge >= 0.3 is 6.03 Å². The summed E-state index contributed by atoms with van der Waals surface area (Å²) in [6, 6.07) is 0.383. The van der Waals surface area contributed by atoms with Gasteiger partial charge in [0.2, 0.25) is 0 Å². The smallest absolute Gasteiger partial charge is 0.319 e.